The molecule has 0 aliphatic rings. The number of rotatable bonds is 5. The maximum absolute atomic E-state index is 11.1. The van der Waals surface area contributed by atoms with E-state index in [2.05, 4.69) is 11.3 Å². The van der Waals surface area contributed by atoms with Crippen LogP contribution in [-0.4, -0.2) is 25.2 Å². The number of hydrogen-bond donors (Lipinski definition) is 0. The first-order chi connectivity index (χ1) is 6.51. The largest absolute Gasteiger partial charge is 0.469 e. The van der Waals surface area contributed by atoms with Gasteiger partial charge in [0.25, 0.3) is 0 Å². The van der Waals surface area contributed by atoms with E-state index < -0.39 is 12.1 Å². The Morgan fingerprint density at radius 1 is 1.43 bits per heavy atom. The summed E-state index contributed by atoms with van der Waals surface area (Å²) in [6.45, 7) is 6.85. The molecule has 80 valence electrons. The van der Waals surface area contributed by atoms with Crippen LogP contribution in [0.25, 0.3) is 0 Å². The van der Waals surface area contributed by atoms with E-state index in [1.807, 2.05) is 6.92 Å². The highest BCUT2D eigenvalue weighted by atomic mass is 16.6. The smallest absolute Gasteiger partial charge is 0.333 e. The molecule has 0 aromatic carbocycles. The maximum Gasteiger partial charge on any atom is 0.333 e. The molecule has 1 atom stereocenters. The van der Waals surface area contributed by atoms with E-state index >= 15 is 0 Å². The quantitative estimate of drug-likeness (QED) is 0.498. The summed E-state index contributed by atoms with van der Waals surface area (Å²) in [7, 11) is 1.30. The second-order valence-electron chi connectivity index (χ2n) is 3.00. The van der Waals surface area contributed by atoms with Gasteiger partial charge in [-0.15, -0.1) is 0 Å². The second-order valence-corrected chi connectivity index (χ2v) is 3.00. The minimum absolute atomic E-state index is 0.0893. The lowest BCUT2D eigenvalue weighted by atomic mass is 10.2. The standard InChI is InChI=1S/C10H16O4/c1-5-8(6-9(11)13-4)14-10(12)7(2)3/h8H,2,5-6H2,1,3-4H3. The molecule has 0 N–H and O–H groups in total. The van der Waals surface area contributed by atoms with Crippen LogP contribution < -0.4 is 0 Å². The molecule has 0 aliphatic carbocycles. The molecule has 0 saturated heterocycles. The number of methoxy groups -OCH3 is 1. The van der Waals surface area contributed by atoms with Crippen molar-refractivity contribution >= 4 is 11.9 Å². The normalized spacial score (nSPS) is 11.6. The molecule has 1 unspecified atom stereocenters. The van der Waals surface area contributed by atoms with Gasteiger partial charge in [0.1, 0.15) is 6.10 Å². The molecule has 0 amide bonds. The fourth-order valence-electron chi connectivity index (χ4n) is 0.791. The van der Waals surface area contributed by atoms with Gasteiger partial charge in [-0.3, -0.25) is 4.79 Å². The Morgan fingerprint density at radius 3 is 2.36 bits per heavy atom. The summed E-state index contributed by atoms with van der Waals surface area (Å²) in [6.07, 6.45) is 0.242. The molecule has 0 fully saturated rings. The minimum Gasteiger partial charge on any atom is -0.469 e. The molecule has 0 heterocycles. The number of carbonyl (C=O) groups is 2. The monoisotopic (exact) mass is 200 g/mol. The molecular formula is C10H16O4. The zero-order valence-corrected chi connectivity index (χ0v) is 8.83. The summed E-state index contributed by atoms with van der Waals surface area (Å²) < 4.78 is 9.47. The molecule has 0 aromatic heterocycles. The van der Waals surface area contributed by atoms with Crippen molar-refractivity contribution in [2.45, 2.75) is 32.8 Å². The van der Waals surface area contributed by atoms with Crippen LogP contribution in [0.1, 0.15) is 26.7 Å². The van der Waals surface area contributed by atoms with Gasteiger partial charge in [-0.25, -0.2) is 4.79 Å². The van der Waals surface area contributed by atoms with E-state index in [4.69, 9.17) is 4.74 Å². The Kier molecular flexibility index (Phi) is 5.60. The van der Waals surface area contributed by atoms with Crippen molar-refractivity contribution in [1.29, 1.82) is 0 Å². The van der Waals surface area contributed by atoms with Crippen LogP contribution in [-0.2, 0) is 19.1 Å². The van der Waals surface area contributed by atoms with Crippen LogP contribution in [0.3, 0.4) is 0 Å². The van der Waals surface area contributed by atoms with Crippen molar-refractivity contribution in [3.63, 3.8) is 0 Å². The molecule has 0 bridgehead atoms. The van der Waals surface area contributed by atoms with Crippen LogP contribution in [0.15, 0.2) is 12.2 Å². The second kappa shape index (κ2) is 6.18. The van der Waals surface area contributed by atoms with Crippen molar-refractivity contribution in [2.24, 2.45) is 0 Å². The Morgan fingerprint density at radius 2 is 2.00 bits per heavy atom. The summed E-state index contributed by atoms with van der Waals surface area (Å²) in [6, 6.07) is 0. The average Bonchev–Trinajstić information content (AvgIpc) is 2.16. The zero-order valence-electron chi connectivity index (χ0n) is 8.83. The number of esters is 2. The molecule has 4 nitrogen and oxygen atoms in total. The van der Waals surface area contributed by atoms with Crippen LogP contribution in [0.4, 0.5) is 0 Å². The van der Waals surface area contributed by atoms with Gasteiger partial charge >= 0.3 is 11.9 Å². The van der Waals surface area contributed by atoms with Crippen molar-refractivity contribution in [1.82, 2.24) is 0 Å². The van der Waals surface area contributed by atoms with E-state index in [-0.39, 0.29) is 12.4 Å². The van der Waals surface area contributed by atoms with Gasteiger partial charge in [-0.2, -0.15) is 0 Å². The maximum atomic E-state index is 11.1. The lowest BCUT2D eigenvalue weighted by Gasteiger charge is -2.14. The highest BCUT2D eigenvalue weighted by Gasteiger charge is 2.17. The van der Waals surface area contributed by atoms with E-state index in [0.717, 1.165) is 0 Å². The molecule has 0 spiro atoms. The number of carbonyl (C=O) groups excluding carboxylic acids is 2. The highest BCUT2D eigenvalue weighted by molar-refractivity contribution is 5.87. The molecule has 14 heavy (non-hydrogen) atoms. The minimum atomic E-state index is -0.472. The van der Waals surface area contributed by atoms with Crippen molar-refractivity contribution in [3.05, 3.63) is 12.2 Å². The summed E-state index contributed by atoms with van der Waals surface area (Å²) in [5.74, 6) is -0.855. The molecule has 4 heteroatoms. The van der Waals surface area contributed by atoms with Crippen LogP contribution in [0, 0.1) is 0 Å². The summed E-state index contributed by atoms with van der Waals surface area (Å²) in [4.78, 5) is 22.0. The fourth-order valence-corrected chi connectivity index (χ4v) is 0.791. The van der Waals surface area contributed by atoms with Gasteiger partial charge in [-0.05, 0) is 13.3 Å². The van der Waals surface area contributed by atoms with Crippen LogP contribution >= 0.6 is 0 Å². The molecule has 0 aromatic rings. The topological polar surface area (TPSA) is 52.6 Å². The third-order valence-corrected chi connectivity index (χ3v) is 1.70. The summed E-state index contributed by atoms with van der Waals surface area (Å²) in [5.41, 5.74) is 0.327. The first-order valence-electron chi connectivity index (χ1n) is 4.44. The molecular weight excluding hydrogens is 184 g/mol. The first kappa shape index (κ1) is 12.7. The molecule has 0 aliphatic heterocycles. The Bertz CT molecular complexity index is 232. The van der Waals surface area contributed by atoms with E-state index in [9.17, 15) is 9.59 Å². The first-order valence-corrected chi connectivity index (χ1v) is 4.44. The van der Waals surface area contributed by atoms with Crippen LogP contribution in [0.5, 0.6) is 0 Å². The van der Waals surface area contributed by atoms with Gasteiger partial charge in [0.15, 0.2) is 0 Å². The predicted molar refractivity (Wildman–Crippen MR) is 51.6 cm³/mol. The summed E-state index contributed by atoms with van der Waals surface area (Å²) >= 11 is 0. The van der Waals surface area contributed by atoms with Crippen LogP contribution in [0.2, 0.25) is 0 Å². The van der Waals surface area contributed by atoms with Gasteiger partial charge in [-0.1, -0.05) is 13.5 Å². The molecule has 0 rings (SSSR count). The fraction of sp³-hybridized carbons (Fsp3) is 0.600. The van der Waals surface area contributed by atoms with Gasteiger partial charge in [0.2, 0.25) is 0 Å². The zero-order chi connectivity index (χ0) is 11.1. The van der Waals surface area contributed by atoms with Gasteiger partial charge in [0.05, 0.1) is 13.5 Å². The Labute approximate surface area is 83.9 Å². The number of hydrogen-bond acceptors (Lipinski definition) is 4. The highest BCUT2D eigenvalue weighted by Crippen LogP contribution is 2.07. The van der Waals surface area contributed by atoms with E-state index in [1.165, 1.54) is 7.11 Å². The van der Waals surface area contributed by atoms with Crippen molar-refractivity contribution < 1.29 is 19.1 Å². The molecule has 0 radical (unpaired) electrons. The molecule has 0 saturated carbocycles. The Balaban J connectivity index is 4.09. The lowest BCUT2D eigenvalue weighted by Crippen LogP contribution is -2.21. The lowest BCUT2D eigenvalue weighted by molar-refractivity contribution is -0.150. The SMILES string of the molecule is C=C(C)C(=O)OC(CC)CC(=O)OC. The third kappa shape index (κ3) is 4.64. The van der Waals surface area contributed by atoms with E-state index in [0.29, 0.717) is 12.0 Å². The van der Waals surface area contributed by atoms with Gasteiger partial charge < -0.3 is 9.47 Å². The van der Waals surface area contributed by atoms with E-state index in [1.54, 1.807) is 6.92 Å². The number of ether oxygens (including phenoxy) is 2. The summed E-state index contributed by atoms with van der Waals surface area (Å²) in [5, 5.41) is 0. The third-order valence-electron chi connectivity index (χ3n) is 1.70. The van der Waals surface area contributed by atoms with Crippen molar-refractivity contribution in [3.8, 4) is 0 Å². The Hall–Kier alpha value is -1.32. The predicted octanol–water partition coefficient (Wildman–Crippen LogP) is 1.45. The average molecular weight is 200 g/mol. The van der Waals surface area contributed by atoms with Gasteiger partial charge in [0, 0.05) is 5.57 Å². The van der Waals surface area contributed by atoms with Crippen molar-refractivity contribution in [2.75, 3.05) is 7.11 Å².